The average Bonchev–Trinajstić information content (AvgIpc) is 3.04. The smallest absolute Gasteiger partial charge is 0.408 e. The summed E-state index contributed by atoms with van der Waals surface area (Å²) in [5.41, 5.74) is 12.6. The number of carbonyl (C=O) groups excluding carboxylic acids is 4. The highest BCUT2D eigenvalue weighted by Gasteiger charge is 2.31. The van der Waals surface area contributed by atoms with Gasteiger partial charge in [0.05, 0.1) is 0 Å². The number of benzene rings is 2. The molecule has 4 amide bonds. The lowest BCUT2D eigenvalue weighted by atomic mass is 9.99. The molecule has 270 valence electrons. The van der Waals surface area contributed by atoms with Gasteiger partial charge in [0, 0.05) is 29.8 Å². The number of nitrogens with zero attached hydrogens (tertiary/aromatic N) is 1. The van der Waals surface area contributed by atoms with Crippen molar-refractivity contribution in [2.75, 3.05) is 11.9 Å². The fourth-order valence-corrected chi connectivity index (χ4v) is 5.26. The van der Waals surface area contributed by atoms with Crippen LogP contribution in [0.4, 0.5) is 10.5 Å². The molecule has 1 aromatic heterocycles. The van der Waals surface area contributed by atoms with Crippen molar-refractivity contribution >= 4 is 46.4 Å². The minimum Gasteiger partial charge on any atom is -0.445 e. The Morgan fingerprint density at radius 2 is 1.44 bits per heavy atom. The minimum absolute atomic E-state index is 0.0109. The molecule has 0 unspecified atom stereocenters. The molecular weight excluding hydrogens is 642 g/mol. The number of amides is 4. The number of carbonyl (C=O) groups is 4. The second-order valence-electron chi connectivity index (χ2n) is 13.0. The third-order valence-electron chi connectivity index (χ3n) is 7.67. The number of rotatable bonds is 17. The van der Waals surface area contributed by atoms with E-state index in [1.807, 2.05) is 58.0 Å². The van der Waals surface area contributed by atoms with Crippen LogP contribution in [0.3, 0.4) is 0 Å². The zero-order chi connectivity index (χ0) is 36.8. The molecule has 0 bridgehead atoms. The summed E-state index contributed by atoms with van der Waals surface area (Å²) in [5.74, 6) is -1.75. The Kier molecular flexibility index (Phi) is 14.8. The molecule has 3 aromatic rings. The number of ether oxygens (including phenoxy) is 1. The Morgan fingerprint density at radius 1 is 0.820 bits per heavy atom. The number of nitrogens with two attached hydrogens (primary N) is 2. The van der Waals surface area contributed by atoms with Crippen LogP contribution in [0.2, 0.25) is 0 Å². The van der Waals surface area contributed by atoms with Crippen LogP contribution in [0.1, 0.15) is 64.5 Å². The zero-order valence-corrected chi connectivity index (χ0v) is 29.3. The van der Waals surface area contributed by atoms with Gasteiger partial charge in [0.1, 0.15) is 30.3 Å². The fraction of sp³-hybridized carbons (Fsp3) is 0.444. The fourth-order valence-electron chi connectivity index (χ4n) is 5.26. The van der Waals surface area contributed by atoms with Crippen LogP contribution in [-0.2, 0) is 25.7 Å². The highest BCUT2D eigenvalue weighted by Crippen LogP contribution is 2.21. The van der Waals surface area contributed by atoms with Crippen molar-refractivity contribution in [3.8, 4) is 0 Å². The molecule has 3 rings (SSSR count). The topological polar surface area (TPSA) is 220 Å². The van der Waals surface area contributed by atoms with E-state index in [1.54, 1.807) is 19.1 Å². The number of alkyl carbamates (subject to hydrolysis) is 1. The lowest BCUT2D eigenvalue weighted by Crippen LogP contribution is -2.56. The molecule has 0 aliphatic carbocycles. The van der Waals surface area contributed by atoms with E-state index in [4.69, 9.17) is 20.6 Å². The van der Waals surface area contributed by atoms with Crippen LogP contribution in [0.25, 0.3) is 11.0 Å². The molecular formula is C36H49N7O7. The van der Waals surface area contributed by atoms with Gasteiger partial charge < -0.3 is 41.9 Å². The third-order valence-corrected chi connectivity index (χ3v) is 7.67. The van der Waals surface area contributed by atoms with E-state index in [1.165, 1.54) is 12.1 Å². The second kappa shape index (κ2) is 19.0. The number of aryl methyl sites for hydroxylation is 1. The number of hydrogen-bond donors (Lipinski definition) is 6. The van der Waals surface area contributed by atoms with Gasteiger partial charge in [-0.2, -0.15) is 0 Å². The maximum atomic E-state index is 13.8. The number of guanidine groups is 1. The molecule has 14 nitrogen and oxygen atoms in total. The van der Waals surface area contributed by atoms with Gasteiger partial charge in [-0.05, 0) is 67.7 Å². The zero-order valence-electron chi connectivity index (χ0n) is 29.3. The van der Waals surface area contributed by atoms with E-state index < -0.39 is 47.6 Å². The summed E-state index contributed by atoms with van der Waals surface area (Å²) < 4.78 is 10.6. The molecule has 8 N–H and O–H groups in total. The van der Waals surface area contributed by atoms with E-state index in [0.717, 1.165) is 11.1 Å². The van der Waals surface area contributed by atoms with Gasteiger partial charge in [0.2, 0.25) is 17.7 Å². The second-order valence-corrected chi connectivity index (χ2v) is 13.0. The standard InChI is InChI=1S/C36H49N7O7/c1-21(2)16-28(42-34(47)29(17-22(3)4)43-36(48)49-20-24-10-7-6-8-11-24)33(46)41-27(12-9-15-39-35(37)38)32(45)40-25-13-14-26-23(5)18-31(44)50-30(26)19-25/h6-8,10-11,13-14,18-19,21-22,27-29H,9,12,15-17,20H2,1-5H3,(H,40,45)(H,41,46)(H,42,47)(H,43,48)(H4,37,38,39)/t27-,28-,29-/m0/s1. The van der Waals surface area contributed by atoms with E-state index in [2.05, 4.69) is 26.3 Å². The highest BCUT2D eigenvalue weighted by molar-refractivity contribution is 6.00. The van der Waals surface area contributed by atoms with E-state index in [9.17, 15) is 24.0 Å². The van der Waals surface area contributed by atoms with Gasteiger partial charge in [0.25, 0.3) is 0 Å². The van der Waals surface area contributed by atoms with Crippen molar-refractivity contribution in [2.45, 2.75) is 85.0 Å². The number of fused-ring (bicyclic) bond motifs is 1. The molecule has 0 saturated carbocycles. The van der Waals surface area contributed by atoms with Crippen molar-refractivity contribution in [1.29, 1.82) is 0 Å². The van der Waals surface area contributed by atoms with Crippen LogP contribution >= 0.6 is 0 Å². The Balaban J connectivity index is 1.76. The van der Waals surface area contributed by atoms with Crippen LogP contribution in [-0.4, -0.2) is 54.4 Å². The average molecular weight is 692 g/mol. The maximum Gasteiger partial charge on any atom is 0.408 e. The summed E-state index contributed by atoms with van der Waals surface area (Å²) in [4.78, 5) is 69.5. The summed E-state index contributed by atoms with van der Waals surface area (Å²) in [6.45, 7) is 9.65. The normalized spacial score (nSPS) is 12.9. The van der Waals surface area contributed by atoms with Crippen molar-refractivity contribution in [1.82, 2.24) is 16.0 Å². The number of nitrogens with one attached hydrogen (secondary N) is 4. The van der Waals surface area contributed by atoms with E-state index in [0.29, 0.717) is 29.5 Å². The summed E-state index contributed by atoms with van der Waals surface area (Å²) in [6.07, 6.45) is 0.317. The van der Waals surface area contributed by atoms with Gasteiger partial charge in [-0.25, -0.2) is 9.59 Å². The third kappa shape index (κ3) is 12.9. The lowest BCUT2D eigenvalue weighted by Gasteiger charge is -2.26. The highest BCUT2D eigenvalue weighted by atomic mass is 16.5. The first-order valence-corrected chi connectivity index (χ1v) is 16.7. The molecule has 3 atom stereocenters. The Bertz CT molecular complexity index is 1700. The molecule has 0 spiro atoms. The van der Waals surface area contributed by atoms with Crippen molar-refractivity contribution < 1.29 is 28.3 Å². The molecule has 50 heavy (non-hydrogen) atoms. The van der Waals surface area contributed by atoms with Crippen LogP contribution in [0.15, 0.2) is 68.8 Å². The Labute approximate surface area is 291 Å². The number of hydrogen-bond acceptors (Lipinski definition) is 8. The van der Waals surface area contributed by atoms with Crippen molar-refractivity contribution in [3.63, 3.8) is 0 Å². The first-order valence-electron chi connectivity index (χ1n) is 16.7. The minimum atomic E-state index is -1.04. The predicted molar refractivity (Wildman–Crippen MR) is 192 cm³/mol. The summed E-state index contributed by atoms with van der Waals surface area (Å²) in [5, 5.41) is 11.7. The molecule has 0 aliphatic rings. The SMILES string of the molecule is Cc1cc(=O)oc2cc(NC(=O)[C@H](CCCN=C(N)N)NC(=O)[C@H](CC(C)C)NC(=O)[C@H](CC(C)C)NC(=O)OCc3ccccc3)ccc12. The van der Waals surface area contributed by atoms with E-state index in [-0.39, 0.29) is 43.8 Å². The lowest BCUT2D eigenvalue weighted by molar-refractivity contribution is -0.132. The van der Waals surface area contributed by atoms with Crippen LogP contribution < -0.4 is 38.4 Å². The molecule has 0 radical (unpaired) electrons. The molecule has 1 heterocycles. The van der Waals surface area contributed by atoms with E-state index >= 15 is 0 Å². The molecule has 0 aliphatic heterocycles. The van der Waals surface area contributed by atoms with Gasteiger partial charge >= 0.3 is 11.7 Å². The monoisotopic (exact) mass is 691 g/mol. The first kappa shape index (κ1) is 39.0. The molecule has 0 fully saturated rings. The summed E-state index contributed by atoms with van der Waals surface area (Å²) >= 11 is 0. The largest absolute Gasteiger partial charge is 0.445 e. The first-order chi connectivity index (χ1) is 23.7. The van der Waals surface area contributed by atoms with Gasteiger partial charge in [-0.15, -0.1) is 0 Å². The quantitative estimate of drug-likeness (QED) is 0.0528. The van der Waals surface area contributed by atoms with Crippen LogP contribution in [0.5, 0.6) is 0 Å². The Hall–Kier alpha value is -5.40. The number of aliphatic imine (C=N–C) groups is 1. The predicted octanol–water partition coefficient (Wildman–Crippen LogP) is 3.45. The summed E-state index contributed by atoms with van der Waals surface area (Å²) in [7, 11) is 0. The van der Waals surface area contributed by atoms with Gasteiger partial charge in [-0.3, -0.25) is 19.4 Å². The van der Waals surface area contributed by atoms with Crippen LogP contribution in [0, 0.1) is 18.8 Å². The number of anilines is 1. The van der Waals surface area contributed by atoms with Gasteiger partial charge in [-0.1, -0.05) is 58.0 Å². The Morgan fingerprint density at radius 3 is 2.06 bits per heavy atom. The van der Waals surface area contributed by atoms with Crippen molar-refractivity contribution in [2.24, 2.45) is 28.3 Å². The molecule has 2 aromatic carbocycles. The molecule has 14 heteroatoms. The molecule has 0 saturated heterocycles. The summed E-state index contributed by atoms with van der Waals surface area (Å²) in [6, 6.07) is 12.4. The van der Waals surface area contributed by atoms with Crippen molar-refractivity contribution in [3.05, 3.63) is 76.1 Å². The maximum absolute atomic E-state index is 13.8. The van der Waals surface area contributed by atoms with Gasteiger partial charge in [0.15, 0.2) is 5.96 Å².